The van der Waals surface area contributed by atoms with Crippen LogP contribution in [0.5, 0.6) is 0 Å². The van der Waals surface area contributed by atoms with E-state index >= 15 is 0 Å². The fraction of sp³-hybridized carbons (Fsp3) is 0.333. The third-order valence-corrected chi connectivity index (χ3v) is 3.07. The number of aryl methyl sites for hydroxylation is 1. The lowest BCUT2D eigenvalue weighted by Gasteiger charge is -2.20. The molecule has 0 saturated heterocycles. The second-order valence-electron chi connectivity index (χ2n) is 4.80. The summed E-state index contributed by atoms with van der Waals surface area (Å²) in [6.07, 6.45) is 1.53. The molecule has 20 heavy (non-hydrogen) atoms. The summed E-state index contributed by atoms with van der Waals surface area (Å²) in [4.78, 5) is 24.4. The number of esters is 1. The Kier molecular flexibility index (Phi) is 3.79. The van der Waals surface area contributed by atoms with Crippen molar-refractivity contribution in [2.75, 3.05) is 25.7 Å². The average molecular weight is 274 g/mol. The van der Waals surface area contributed by atoms with Gasteiger partial charge in [-0.05, 0) is 26.0 Å². The van der Waals surface area contributed by atoms with Crippen LogP contribution in [0.25, 0.3) is 10.9 Å². The number of pyridine rings is 1. The molecule has 0 atom stereocenters. The van der Waals surface area contributed by atoms with Gasteiger partial charge in [0.1, 0.15) is 5.56 Å². The van der Waals surface area contributed by atoms with Gasteiger partial charge in [0.05, 0.1) is 12.1 Å². The van der Waals surface area contributed by atoms with Crippen molar-refractivity contribution in [3.05, 3.63) is 45.7 Å². The minimum atomic E-state index is -0.587. The number of aromatic nitrogens is 1. The highest BCUT2D eigenvalue weighted by molar-refractivity contribution is 5.94. The molecule has 0 aliphatic rings. The van der Waals surface area contributed by atoms with Gasteiger partial charge in [-0.2, -0.15) is 0 Å². The third kappa shape index (κ3) is 2.39. The molecule has 1 aromatic carbocycles. The molecule has 0 unspecified atom stereocenters. The molecule has 1 aromatic heterocycles. The Labute approximate surface area is 117 Å². The number of rotatable bonds is 3. The van der Waals surface area contributed by atoms with Crippen molar-refractivity contribution in [1.82, 2.24) is 4.68 Å². The lowest BCUT2D eigenvalue weighted by Crippen LogP contribution is -2.30. The summed E-state index contributed by atoms with van der Waals surface area (Å²) in [5.41, 5.74) is 1.50. The molecule has 5 heteroatoms. The SMILES string of the molecule is CCOC(=O)c1cn(N(C)C)c2ccc(C)cc2c1=O. The number of nitrogens with zero attached hydrogens (tertiary/aromatic N) is 2. The topological polar surface area (TPSA) is 51.5 Å². The van der Waals surface area contributed by atoms with Crippen LogP contribution in [0, 0.1) is 6.92 Å². The molecule has 0 amide bonds. The first-order chi connectivity index (χ1) is 9.45. The van der Waals surface area contributed by atoms with Gasteiger partial charge in [-0.3, -0.25) is 9.47 Å². The molecule has 0 radical (unpaired) electrons. The molecule has 5 nitrogen and oxygen atoms in total. The van der Waals surface area contributed by atoms with Crippen LogP contribution in [-0.2, 0) is 4.74 Å². The minimum Gasteiger partial charge on any atom is -0.462 e. The lowest BCUT2D eigenvalue weighted by atomic mass is 10.1. The van der Waals surface area contributed by atoms with E-state index in [1.807, 2.05) is 33.2 Å². The lowest BCUT2D eigenvalue weighted by molar-refractivity contribution is 0.0524. The maximum Gasteiger partial charge on any atom is 0.343 e. The number of fused-ring (bicyclic) bond motifs is 1. The molecule has 0 N–H and O–H groups in total. The van der Waals surface area contributed by atoms with E-state index in [0.717, 1.165) is 11.1 Å². The molecule has 0 fully saturated rings. The zero-order valence-electron chi connectivity index (χ0n) is 12.1. The van der Waals surface area contributed by atoms with Crippen LogP contribution >= 0.6 is 0 Å². The molecule has 2 rings (SSSR count). The second-order valence-corrected chi connectivity index (χ2v) is 4.80. The molecular weight excluding hydrogens is 256 g/mol. The Hall–Kier alpha value is -2.30. The molecule has 106 valence electrons. The molecule has 0 spiro atoms. The van der Waals surface area contributed by atoms with E-state index in [-0.39, 0.29) is 17.6 Å². The van der Waals surface area contributed by atoms with Crippen LogP contribution in [0.15, 0.2) is 29.2 Å². The summed E-state index contributed by atoms with van der Waals surface area (Å²) >= 11 is 0. The fourth-order valence-electron chi connectivity index (χ4n) is 2.11. The van der Waals surface area contributed by atoms with Gasteiger partial charge in [0.25, 0.3) is 0 Å². The van der Waals surface area contributed by atoms with Gasteiger partial charge in [-0.15, -0.1) is 0 Å². The Morgan fingerprint density at radius 1 is 1.35 bits per heavy atom. The smallest absolute Gasteiger partial charge is 0.343 e. The number of carbonyl (C=O) groups excluding carboxylic acids is 1. The predicted molar refractivity (Wildman–Crippen MR) is 79.0 cm³/mol. The number of carbonyl (C=O) groups is 1. The predicted octanol–water partition coefficient (Wildman–Crippen LogP) is 1.68. The van der Waals surface area contributed by atoms with Crippen molar-refractivity contribution < 1.29 is 9.53 Å². The number of hydrogen-bond acceptors (Lipinski definition) is 4. The van der Waals surface area contributed by atoms with E-state index in [4.69, 9.17) is 4.74 Å². The average Bonchev–Trinajstić information content (AvgIpc) is 2.39. The van der Waals surface area contributed by atoms with Crippen molar-refractivity contribution in [1.29, 1.82) is 0 Å². The van der Waals surface area contributed by atoms with E-state index in [1.165, 1.54) is 6.20 Å². The Morgan fingerprint density at radius 3 is 2.65 bits per heavy atom. The summed E-state index contributed by atoms with van der Waals surface area (Å²) in [6, 6.07) is 5.60. The Morgan fingerprint density at radius 2 is 2.05 bits per heavy atom. The summed E-state index contributed by atoms with van der Waals surface area (Å²) in [5, 5.41) is 2.32. The van der Waals surface area contributed by atoms with Crippen molar-refractivity contribution in [2.24, 2.45) is 0 Å². The number of ether oxygens (including phenoxy) is 1. The van der Waals surface area contributed by atoms with Crippen LogP contribution < -0.4 is 10.4 Å². The maximum atomic E-state index is 12.4. The zero-order valence-corrected chi connectivity index (χ0v) is 12.1. The summed E-state index contributed by atoms with van der Waals surface area (Å²) in [7, 11) is 3.69. The number of hydrogen-bond donors (Lipinski definition) is 0. The van der Waals surface area contributed by atoms with Gasteiger partial charge in [-0.25, -0.2) is 4.79 Å². The van der Waals surface area contributed by atoms with Crippen LogP contribution in [-0.4, -0.2) is 31.3 Å². The van der Waals surface area contributed by atoms with Crippen LogP contribution in [0.4, 0.5) is 0 Å². The molecule has 1 heterocycles. The summed E-state index contributed by atoms with van der Waals surface area (Å²) in [5.74, 6) is -0.587. The third-order valence-electron chi connectivity index (χ3n) is 3.07. The van der Waals surface area contributed by atoms with Gasteiger partial charge in [0.2, 0.25) is 5.43 Å². The Bertz CT molecular complexity index is 717. The quantitative estimate of drug-likeness (QED) is 0.799. The molecule has 0 bridgehead atoms. The van der Waals surface area contributed by atoms with Crippen LogP contribution in [0.1, 0.15) is 22.8 Å². The van der Waals surface area contributed by atoms with Crippen molar-refractivity contribution in [3.63, 3.8) is 0 Å². The largest absolute Gasteiger partial charge is 0.462 e. The van der Waals surface area contributed by atoms with Crippen molar-refractivity contribution >= 4 is 16.9 Å². The monoisotopic (exact) mass is 274 g/mol. The maximum absolute atomic E-state index is 12.4. The van der Waals surface area contributed by atoms with Gasteiger partial charge in [0, 0.05) is 25.7 Å². The van der Waals surface area contributed by atoms with Gasteiger partial charge in [-0.1, -0.05) is 11.6 Å². The molecule has 0 saturated carbocycles. The number of benzene rings is 1. The first kappa shape index (κ1) is 14.1. The van der Waals surface area contributed by atoms with Gasteiger partial charge in [0.15, 0.2) is 0 Å². The summed E-state index contributed by atoms with van der Waals surface area (Å²) < 4.78 is 6.72. The van der Waals surface area contributed by atoms with Crippen molar-refractivity contribution in [3.8, 4) is 0 Å². The highest BCUT2D eigenvalue weighted by Gasteiger charge is 2.17. The van der Waals surface area contributed by atoms with Crippen LogP contribution in [0.2, 0.25) is 0 Å². The van der Waals surface area contributed by atoms with Gasteiger partial charge >= 0.3 is 5.97 Å². The minimum absolute atomic E-state index is 0.0543. The highest BCUT2D eigenvalue weighted by atomic mass is 16.5. The van der Waals surface area contributed by atoms with Crippen molar-refractivity contribution in [2.45, 2.75) is 13.8 Å². The van der Waals surface area contributed by atoms with E-state index < -0.39 is 5.97 Å². The highest BCUT2D eigenvalue weighted by Crippen LogP contribution is 2.14. The first-order valence-electron chi connectivity index (χ1n) is 6.46. The normalized spacial score (nSPS) is 10.6. The second kappa shape index (κ2) is 5.36. The standard InChI is InChI=1S/C15H18N2O3/c1-5-20-15(19)12-9-17(16(3)4)13-7-6-10(2)8-11(13)14(12)18/h6-9H,5H2,1-4H3. The first-order valence-corrected chi connectivity index (χ1v) is 6.46. The van der Waals surface area contributed by atoms with E-state index in [9.17, 15) is 9.59 Å². The van der Waals surface area contributed by atoms with E-state index in [2.05, 4.69) is 0 Å². The summed E-state index contributed by atoms with van der Waals surface area (Å²) in [6.45, 7) is 3.87. The van der Waals surface area contributed by atoms with E-state index in [0.29, 0.717) is 5.39 Å². The molecule has 0 aliphatic heterocycles. The van der Waals surface area contributed by atoms with E-state index in [1.54, 1.807) is 22.7 Å². The Balaban J connectivity index is 2.81. The zero-order chi connectivity index (χ0) is 14.9. The van der Waals surface area contributed by atoms with Gasteiger partial charge < -0.3 is 9.75 Å². The molecule has 0 aliphatic carbocycles. The molecular formula is C15H18N2O3. The van der Waals surface area contributed by atoms with Crippen LogP contribution in [0.3, 0.4) is 0 Å². The molecule has 2 aromatic rings. The fourth-order valence-corrected chi connectivity index (χ4v) is 2.11.